The van der Waals surface area contributed by atoms with Crippen molar-refractivity contribution in [3.63, 3.8) is 0 Å². The van der Waals surface area contributed by atoms with E-state index in [9.17, 15) is 14.3 Å². The second-order valence-corrected chi connectivity index (χ2v) is 6.25. The molecule has 1 heterocycles. The van der Waals surface area contributed by atoms with E-state index in [0.29, 0.717) is 10.8 Å². The molecule has 104 valence electrons. The second kappa shape index (κ2) is 6.25. The van der Waals surface area contributed by atoms with Gasteiger partial charge in [0.2, 0.25) is 0 Å². The van der Waals surface area contributed by atoms with Gasteiger partial charge in [0.1, 0.15) is 0 Å². The van der Waals surface area contributed by atoms with Crippen molar-refractivity contribution in [2.45, 2.75) is 31.1 Å². The topological polar surface area (TPSA) is 63.5 Å². The summed E-state index contributed by atoms with van der Waals surface area (Å²) in [6, 6.07) is 4.54. The molecule has 0 aliphatic carbocycles. The molecule has 5 nitrogen and oxygen atoms in total. The standard InChI is InChI=1S/C13H18N2O3S/c1-11-9-12(15(16)17)5-6-13(11)19(18)10-14-7-3-2-4-8-14/h5-6,9H,2-4,7-8,10H2,1H3. The van der Waals surface area contributed by atoms with Gasteiger partial charge in [-0.05, 0) is 44.5 Å². The van der Waals surface area contributed by atoms with Crippen LogP contribution >= 0.6 is 0 Å². The number of nitro groups is 1. The number of benzene rings is 1. The van der Waals surface area contributed by atoms with E-state index in [-0.39, 0.29) is 5.69 Å². The van der Waals surface area contributed by atoms with Crippen LogP contribution in [0, 0.1) is 17.0 Å². The first kappa shape index (κ1) is 14.1. The van der Waals surface area contributed by atoms with Gasteiger partial charge in [0, 0.05) is 17.0 Å². The Morgan fingerprint density at radius 3 is 2.58 bits per heavy atom. The molecule has 1 saturated heterocycles. The van der Waals surface area contributed by atoms with Crippen molar-refractivity contribution in [1.29, 1.82) is 0 Å². The lowest BCUT2D eigenvalue weighted by molar-refractivity contribution is -0.385. The fourth-order valence-corrected chi connectivity index (χ4v) is 3.69. The SMILES string of the molecule is Cc1cc([N+](=O)[O-])ccc1S(=O)CN1CCCCC1. The number of non-ortho nitro benzene ring substituents is 1. The third kappa shape index (κ3) is 3.61. The summed E-state index contributed by atoms with van der Waals surface area (Å²) in [7, 11) is -1.11. The Balaban J connectivity index is 2.08. The van der Waals surface area contributed by atoms with Gasteiger partial charge in [-0.15, -0.1) is 0 Å². The number of hydrogen-bond donors (Lipinski definition) is 0. The predicted molar refractivity (Wildman–Crippen MR) is 74.5 cm³/mol. The summed E-state index contributed by atoms with van der Waals surface area (Å²) in [6.07, 6.45) is 3.58. The van der Waals surface area contributed by atoms with Crippen LogP contribution in [0.5, 0.6) is 0 Å². The van der Waals surface area contributed by atoms with Gasteiger partial charge >= 0.3 is 0 Å². The van der Waals surface area contributed by atoms with Crippen molar-refractivity contribution in [3.8, 4) is 0 Å². The van der Waals surface area contributed by atoms with E-state index < -0.39 is 15.7 Å². The average Bonchev–Trinajstić information content (AvgIpc) is 2.39. The first-order valence-corrected chi connectivity index (χ1v) is 7.75. The highest BCUT2D eigenvalue weighted by Gasteiger charge is 2.17. The maximum Gasteiger partial charge on any atom is 0.269 e. The number of likely N-dealkylation sites (tertiary alicyclic amines) is 1. The number of piperidine rings is 1. The summed E-state index contributed by atoms with van der Waals surface area (Å²) in [5, 5.41) is 10.7. The fourth-order valence-electron chi connectivity index (χ4n) is 2.33. The molecule has 1 aliphatic heterocycles. The maximum atomic E-state index is 12.3. The van der Waals surface area contributed by atoms with Gasteiger partial charge in [0.25, 0.3) is 5.69 Å². The Hall–Kier alpha value is -1.27. The summed E-state index contributed by atoms with van der Waals surface area (Å²) < 4.78 is 12.3. The van der Waals surface area contributed by atoms with E-state index in [1.165, 1.54) is 18.6 Å². The molecule has 19 heavy (non-hydrogen) atoms. The van der Waals surface area contributed by atoms with Crippen LogP contribution in [0.1, 0.15) is 24.8 Å². The molecule has 0 amide bonds. The Bertz CT molecular complexity index is 499. The molecule has 0 N–H and O–H groups in total. The maximum absolute atomic E-state index is 12.3. The van der Waals surface area contributed by atoms with E-state index in [1.54, 1.807) is 13.0 Å². The molecule has 1 aromatic rings. The highest BCUT2D eigenvalue weighted by atomic mass is 32.2. The van der Waals surface area contributed by atoms with E-state index in [0.717, 1.165) is 31.5 Å². The molecule has 0 radical (unpaired) electrons. The monoisotopic (exact) mass is 282 g/mol. The zero-order valence-electron chi connectivity index (χ0n) is 11.0. The molecule has 0 saturated carbocycles. The van der Waals surface area contributed by atoms with Crippen molar-refractivity contribution in [1.82, 2.24) is 4.90 Å². The summed E-state index contributed by atoms with van der Waals surface area (Å²) in [6.45, 7) is 3.77. The molecule has 0 aromatic heterocycles. The van der Waals surface area contributed by atoms with Crippen molar-refractivity contribution >= 4 is 16.5 Å². The van der Waals surface area contributed by atoms with Gasteiger partial charge in [-0.25, -0.2) is 0 Å². The average molecular weight is 282 g/mol. The molecular weight excluding hydrogens is 264 g/mol. The van der Waals surface area contributed by atoms with Gasteiger partial charge in [-0.3, -0.25) is 19.2 Å². The molecule has 1 aliphatic rings. The van der Waals surface area contributed by atoms with E-state index in [2.05, 4.69) is 4.90 Å². The zero-order chi connectivity index (χ0) is 13.8. The van der Waals surface area contributed by atoms with Gasteiger partial charge in [-0.2, -0.15) is 0 Å². The first-order valence-electron chi connectivity index (χ1n) is 6.43. The van der Waals surface area contributed by atoms with Crippen LogP contribution in [-0.4, -0.2) is 33.0 Å². The molecule has 2 rings (SSSR count). The Morgan fingerprint density at radius 1 is 1.32 bits per heavy atom. The predicted octanol–water partition coefficient (Wildman–Crippen LogP) is 2.45. The van der Waals surface area contributed by atoms with Crippen LogP contribution < -0.4 is 0 Å². The minimum atomic E-state index is -1.11. The smallest absolute Gasteiger partial charge is 0.269 e. The van der Waals surface area contributed by atoms with Crippen LogP contribution in [-0.2, 0) is 10.8 Å². The van der Waals surface area contributed by atoms with Gasteiger partial charge < -0.3 is 0 Å². The fraction of sp³-hybridized carbons (Fsp3) is 0.538. The lowest BCUT2D eigenvalue weighted by Crippen LogP contribution is -2.32. The Kier molecular flexibility index (Phi) is 4.66. The van der Waals surface area contributed by atoms with Crippen molar-refractivity contribution in [2.75, 3.05) is 19.0 Å². The number of nitro benzene ring substituents is 1. The molecule has 1 fully saturated rings. The summed E-state index contributed by atoms with van der Waals surface area (Å²) in [5.41, 5.74) is 0.778. The summed E-state index contributed by atoms with van der Waals surface area (Å²) >= 11 is 0. The van der Waals surface area contributed by atoms with Crippen molar-refractivity contribution < 1.29 is 9.13 Å². The third-order valence-electron chi connectivity index (χ3n) is 3.36. The molecule has 6 heteroatoms. The van der Waals surface area contributed by atoms with E-state index in [4.69, 9.17) is 0 Å². The lowest BCUT2D eigenvalue weighted by atomic mass is 10.1. The molecule has 1 atom stereocenters. The highest BCUT2D eigenvalue weighted by Crippen LogP contribution is 2.21. The Labute approximate surface area is 115 Å². The Morgan fingerprint density at radius 2 is 2.00 bits per heavy atom. The number of nitrogens with zero attached hydrogens (tertiary/aromatic N) is 2. The quantitative estimate of drug-likeness (QED) is 0.628. The number of aryl methyl sites for hydroxylation is 1. The van der Waals surface area contributed by atoms with Crippen LogP contribution in [0.2, 0.25) is 0 Å². The van der Waals surface area contributed by atoms with Crippen LogP contribution in [0.4, 0.5) is 5.69 Å². The van der Waals surface area contributed by atoms with E-state index in [1.807, 2.05) is 0 Å². The summed E-state index contributed by atoms with van der Waals surface area (Å²) in [4.78, 5) is 13.2. The lowest BCUT2D eigenvalue weighted by Gasteiger charge is -2.25. The molecular formula is C13H18N2O3S. The highest BCUT2D eigenvalue weighted by molar-refractivity contribution is 7.85. The van der Waals surface area contributed by atoms with E-state index >= 15 is 0 Å². The first-order chi connectivity index (χ1) is 9.08. The normalized spacial score (nSPS) is 18.2. The van der Waals surface area contributed by atoms with Crippen LogP contribution in [0.3, 0.4) is 0 Å². The van der Waals surface area contributed by atoms with Crippen molar-refractivity contribution in [2.24, 2.45) is 0 Å². The minimum Gasteiger partial charge on any atom is -0.292 e. The molecule has 0 spiro atoms. The van der Waals surface area contributed by atoms with Crippen molar-refractivity contribution in [3.05, 3.63) is 33.9 Å². The zero-order valence-corrected chi connectivity index (χ0v) is 11.8. The summed E-state index contributed by atoms with van der Waals surface area (Å²) in [5.74, 6) is 0.526. The van der Waals surface area contributed by atoms with Crippen LogP contribution in [0.25, 0.3) is 0 Å². The number of rotatable bonds is 4. The molecule has 0 bridgehead atoms. The number of hydrogen-bond acceptors (Lipinski definition) is 4. The minimum absolute atomic E-state index is 0.0521. The molecule has 1 aromatic carbocycles. The second-order valence-electron chi connectivity index (χ2n) is 4.86. The van der Waals surface area contributed by atoms with Crippen LogP contribution in [0.15, 0.2) is 23.1 Å². The third-order valence-corrected chi connectivity index (χ3v) is 4.91. The van der Waals surface area contributed by atoms with Gasteiger partial charge in [-0.1, -0.05) is 6.42 Å². The van der Waals surface area contributed by atoms with Gasteiger partial charge in [0.05, 0.1) is 21.6 Å². The molecule has 1 unspecified atom stereocenters. The van der Waals surface area contributed by atoms with Gasteiger partial charge in [0.15, 0.2) is 0 Å². The largest absolute Gasteiger partial charge is 0.292 e.